The number of benzene rings is 2. The van der Waals surface area contributed by atoms with E-state index in [9.17, 15) is 0 Å². The molecular weight excluding hydrogens is 340 g/mol. The molecule has 1 saturated heterocycles. The van der Waals surface area contributed by atoms with Crippen LogP contribution < -0.4 is 4.90 Å². The monoisotopic (exact) mass is 376 g/mol. The van der Waals surface area contributed by atoms with Gasteiger partial charge in [0.25, 0.3) is 0 Å². The van der Waals surface area contributed by atoms with E-state index >= 15 is 0 Å². The molecule has 2 fully saturated rings. The van der Waals surface area contributed by atoms with E-state index in [1.165, 1.54) is 60.0 Å². The Morgan fingerprint density at radius 3 is 2.04 bits per heavy atom. The van der Waals surface area contributed by atoms with Crippen LogP contribution in [-0.2, 0) is 0 Å². The van der Waals surface area contributed by atoms with E-state index in [1.807, 2.05) is 0 Å². The normalized spacial score (nSPS) is 26.8. The third kappa shape index (κ3) is 3.26. The second kappa shape index (κ2) is 7.91. The summed E-state index contributed by atoms with van der Waals surface area (Å²) in [5, 5.41) is 0. The molecule has 2 aromatic carbocycles. The van der Waals surface area contributed by atoms with Gasteiger partial charge in [0, 0.05) is 17.8 Å². The first-order valence-corrected chi connectivity index (χ1v) is 11.1. The average molecular weight is 377 g/mol. The van der Waals surface area contributed by atoms with Crippen molar-refractivity contribution < 1.29 is 0 Å². The Morgan fingerprint density at radius 1 is 0.786 bits per heavy atom. The molecule has 1 aliphatic carbocycles. The molecule has 2 heteroatoms. The maximum atomic E-state index is 2.73. The van der Waals surface area contributed by atoms with E-state index in [2.05, 4.69) is 87.0 Å². The summed E-state index contributed by atoms with van der Waals surface area (Å²) in [4.78, 5) is 5.44. The highest BCUT2D eigenvalue weighted by molar-refractivity contribution is 5.58. The first-order chi connectivity index (χ1) is 13.5. The molecule has 0 spiro atoms. The van der Waals surface area contributed by atoms with Crippen LogP contribution in [0.4, 0.5) is 5.69 Å². The fourth-order valence-electron chi connectivity index (χ4n) is 6.07. The highest BCUT2D eigenvalue weighted by atomic mass is 15.4. The molecule has 150 valence electrons. The van der Waals surface area contributed by atoms with Crippen LogP contribution >= 0.6 is 0 Å². The molecule has 0 radical (unpaired) electrons. The summed E-state index contributed by atoms with van der Waals surface area (Å²) in [6, 6.07) is 16.8. The molecule has 0 bridgehead atoms. The van der Waals surface area contributed by atoms with Crippen molar-refractivity contribution in [3.05, 3.63) is 64.7 Å². The first-order valence-electron chi connectivity index (χ1n) is 11.1. The molecule has 1 aliphatic heterocycles. The maximum Gasteiger partial charge on any atom is 0.109 e. The lowest BCUT2D eigenvalue weighted by molar-refractivity contribution is 0.148. The number of hydrogen-bond acceptors (Lipinski definition) is 2. The average Bonchev–Trinajstić information content (AvgIpc) is 2.93. The zero-order valence-electron chi connectivity index (χ0n) is 18.3. The number of hydrogen-bond donors (Lipinski definition) is 0. The van der Waals surface area contributed by atoms with Crippen LogP contribution in [0.5, 0.6) is 0 Å². The number of nitrogens with zero attached hydrogens (tertiary/aromatic N) is 2. The SMILES string of the molecule is Cc1ccccc1N1C(c2c(C)cccc2C)N(C)C(C2CCCCC2)[C@@H]1C. The fourth-order valence-corrected chi connectivity index (χ4v) is 6.07. The molecule has 28 heavy (non-hydrogen) atoms. The zero-order chi connectivity index (χ0) is 19.8. The molecule has 2 aromatic rings. The van der Waals surface area contributed by atoms with Gasteiger partial charge in [0.2, 0.25) is 0 Å². The Morgan fingerprint density at radius 2 is 1.39 bits per heavy atom. The first kappa shape index (κ1) is 19.5. The van der Waals surface area contributed by atoms with Crippen molar-refractivity contribution in [3.8, 4) is 0 Å². The van der Waals surface area contributed by atoms with Crippen LogP contribution in [0.2, 0.25) is 0 Å². The molecule has 3 atom stereocenters. The molecular formula is C26H36N2. The zero-order valence-corrected chi connectivity index (χ0v) is 18.3. The Kier molecular flexibility index (Phi) is 5.51. The van der Waals surface area contributed by atoms with Gasteiger partial charge in [-0.15, -0.1) is 0 Å². The highest BCUT2D eigenvalue weighted by Crippen LogP contribution is 2.47. The van der Waals surface area contributed by atoms with E-state index in [1.54, 1.807) is 0 Å². The van der Waals surface area contributed by atoms with Crippen LogP contribution in [0.3, 0.4) is 0 Å². The van der Waals surface area contributed by atoms with Crippen LogP contribution in [0.15, 0.2) is 42.5 Å². The summed E-state index contributed by atoms with van der Waals surface area (Å²) in [6.45, 7) is 9.29. The largest absolute Gasteiger partial charge is 0.347 e. The van der Waals surface area contributed by atoms with Gasteiger partial charge in [0.05, 0.1) is 0 Å². The van der Waals surface area contributed by atoms with Gasteiger partial charge in [-0.2, -0.15) is 0 Å². The predicted octanol–water partition coefficient (Wildman–Crippen LogP) is 6.40. The predicted molar refractivity (Wildman–Crippen MR) is 120 cm³/mol. The van der Waals surface area contributed by atoms with Crippen LogP contribution in [0, 0.1) is 26.7 Å². The van der Waals surface area contributed by atoms with Crippen LogP contribution in [-0.4, -0.2) is 24.0 Å². The van der Waals surface area contributed by atoms with Crippen molar-refractivity contribution >= 4 is 5.69 Å². The smallest absolute Gasteiger partial charge is 0.109 e. The number of para-hydroxylation sites is 1. The van der Waals surface area contributed by atoms with Gasteiger partial charge < -0.3 is 4.90 Å². The van der Waals surface area contributed by atoms with Crippen LogP contribution in [0.1, 0.15) is 67.4 Å². The van der Waals surface area contributed by atoms with Gasteiger partial charge in [-0.1, -0.05) is 55.7 Å². The minimum atomic E-state index is 0.309. The van der Waals surface area contributed by atoms with Gasteiger partial charge in [-0.3, -0.25) is 4.90 Å². The molecule has 1 heterocycles. The molecule has 0 aromatic heterocycles. The van der Waals surface area contributed by atoms with Crippen molar-refractivity contribution in [3.63, 3.8) is 0 Å². The Balaban J connectivity index is 1.83. The minimum absolute atomic E-state index is 0.309. The van der Waals surface area contributed by atoms with Crippen molar-refractivity contribution in [1.29, 1.82) is 0 Å². The van der Waals surface area contributed by atoms with Crippen molar-refractivity contribution in [2.24, 2.45) is 5.92 Å². The van der Waals surface area contributed by atoms with E-state index in [4.69, 9.17) is 0 Å². The van der Waals surface area contributed by atoms with Crippen molar-refractivity contribution in [2.75, 3.05) is 11.9 Å². The number of likely N-dealkylation sites (N-methyl/N-ethyl adjacent to an activating group) is 1. The van der Waals surface area contributed by atoms with E-state index in [0.717, 1.165) is 5.92 Å². The quantitative estimate of drug-likeness (QED) is 0.611. The molecule has 2 aliphatic rings. The number of rotatable bonds is 3. The standard InChI is InChI=1S/C26H36N2/c1-18-12-9-10-17-23(18)28-21(4)25(22-15-7-6-8-16-22)27(5)26(28)24-19(2)13-11-14-20(24)3/h9-14,17,21-22,25-26H,6-8,15-16H2,1-5H3/t21-,25?,26?/m0/s1. The lowest BCUT2D eigenvalue weighted by Gasteiger charge is -2.35. The topological polar surface area (TPSA) is 6.48 Å². The number of anilines is 1. The summed E-state index contributed by atoms with van der Waals surface area (Å²) in [5.74, 6) is 0.814. The third-order valence-electron chi connectivity index (χ3n) is 7.38. The lowest BCUT2D eigenvalue weighted by Crippen LogP contribution is -2.41. The van der Waals surface area contributed by atoms with Gasteiger partial charge in [0.1, 0.15) is 6.17 Å². The Labute approximate surface area is 171 Å². The second-order valence-electron chi connectivity index (χ2n) is 9.17. The highest BCUT2D eigenvalue weighted by Gasteiger charge is 2.47. The second-order valence-corrected chi connectivity index (χ2v) is 9.17. The van der Waals surface area contributed by atoms with E-state index in [-0.39, 0.29) is 0 Å². The van der Waals surface area contributed by atoms with Crippen LogP contribution in [0.25, 0.3) is 0 Å². The Bertz CT molecular complexity index is 801. The molecule has 2 nitrogen and oxygen atoms in total. The molecule has 0 N–H and O–H groups in total. The van der Waals surface area contributed by atoms with Gasteiger partial charge in [-0.25, -0.2) is 0 Å². The third-order valence-corrected chi connectivity index (χ3v) is 7.38. The van der Waals surface area contributed by atoms with E-state index in [0.29, 0.717) is 18.2 Å². The summed E-state index contributed by atoms with van der Waals surface area (Å²) >= 11 is 0. The van der Waals surface area contributed by atoms with Crippen molar-refractivity contribution in [1.82, 2.24) is 4.90 Å². The minimum Gasteiger partial charge on any atom is -0.347 e. The van der Waals surface area contributed by atoms with Gasteiger partial charge >= 0.3 is 0 Å². The molecule has 4 rings (SSSR count). The molecule has 1 saturated carbocycles. The summed E-state index contributed by atoms with van der Waals surface area (Å²) < 4.78 is 0. The summed E-state index contributed by atoms with van der Waals surface area (Å²) in [6.07, 6.45) is 7.31. The van der Waals surface area contributed by atoms with E-state index < -0.39 is 0 Å². The lowest BCUT2D eigenvalue weighted by atomic mass is 9.81. The van der Waals surface area contributed by atoms with Gasteiger partial charge in [-0.05, 0) is 81.8 Å². The molecule has 2 unspecified atom stereocenters. The molecule has 0 amide bonds. The van der Waals surface area contributed by atoms with Gasteiger partial charge in [0.15, 0.2) is 0 Å². The number of aryl methyl sites for hydroxylation is 3. The summed E-state index contributed by atoms with van der Waals surface area (Å²) in [5.41, 5.74) is 7.09. The van der Waals surface area contributed by atoms with Crippen molar-refractivity contribution in [2.45, 2.75) is 78.0 Å². The Hall–Kier alpha value is -1.80. The summed E-state index contributed by atoms with van der Waals surface area (Å²) in [7, 11) is 2.38. The maximum absolute atomic E-state index is 2.73. The fraction of sp³-hybridized carbons (Fsp3) is 0.538.